The van der Waals surface area contributed by atoms with E-state index in [9.17, 15) is 19.1 Å². The normalized spacial score (nSPS) is 16.2. The number of aliphatic hydroxyl groups is 1. The third kappa shape index (κ3) is 5.47. The van der Waals surface area contributed by atoms with Crippen LogP contribution in [0.15, 0.2) is 60.9 Å². The van der Waals surface area contributed by atoms with Crippen molar-refractivity contribution < 1.29 is 19.1 Å². The number of hydrogen-bond donors (Lipinski definition) is 3. The van der Waals surface area contributed by atoms with E-state index in [4.69, 9.17) is 23.2 Å². The van der Waals surface area contributed by atoms with Gasteiger partial charge in [-0.3, -0.25) is 14.6 Å². The smallest absolute Gasteiger partial charge is 0.257 e. The minimum atomic E-state index is -1.36. The first-order chi connectivity index (χ1) is 16.3. The van der Waals surface area contributed by atoms with Crippen LogP contribution in [0.1, 0.15) is 28.4 Å². The summed E-state index contributed by atoms with van der Waals surface area (Å²) in [6, 6.07) is 12.0. The van der Waals surface area contributed by atoms with Crippen molar-refractivity contribution in [2.24, 2.45) is 0 Å². The van der Waals surface area contributed by atoms with Crippen molar-refractivity contribution >= 4 is 46.4 Å². The van der Waals surface area contributed by atoms with Crippen LogP contribution in [-0.2, 0) is 4.79 Å². The highest BCUT2D eigenvalue weighted by Gasteiger charge is 2.31. The number of benzene rings is 2. The van der Waals surface area contributed by atoms with E-state index in [-0.39, 0.29) is 23.5 Å². The van der Waals surface area contributed by atoms with Crippen LogP contribution < -0.4 is 10.6 Å². The summed E-state index contributed by atoms with van der Waals surface area (Å²) in [5.74, 6) is -1.42. The van der Waals surface area contributed by atoms with E-state index in [2.05, 4.69) is 15.6 Å². The molecule has 3 N–H and O–H groups in total. The van der Waals surface area contributed by atoms with Gasteiger partial charge in [0.15, 0.2) is 6.10 Å². The van der Waals surface area contributed by atoms with Crippen LogP contribution >= 0.6 is 23.2 Å². The highest BCUT2D eigenvalue weighted by Crippen LogP contribution is 2.26. The molecule has 1 saturated heterocycles. The van der Waals surface area contributed by atoms with E-state index in [1.54, 1.807) is 35.2 Å². The second-order valence-electron chi connectivity index (χ2n) is 7.88. The highest BCUT2D eigenvalue weighted by molar-refractivity contribution is 6.31. The topological polar surface area (TPSA) is 94.6 Å². The lowest BCUT2D eigenvalue weighted by Gasteiger charge is -2.20. The number of pyridine rings is 1. The number of rotatable bonds is 6. The standard InChI is InChI=1S/C24H21Cl2FN4O3/c25-15-3-1-2-14(10-15)22(32)23(33)30-17-7-9-31(13-17)24(34)18-12-28-8-6-21(18)29-16-4-5-19(26)20(27)11-16/h1-6,8,10-12,17,22,32H,7,9,13H2,(H,28,29)(H,30,33)/t17-,22-/m1/s1. The molecular formula is C24H21Cl2FN4O3. The third-order valence-electron chi connectivity index (χ3n) is 5.48. The number of hydrogen-bond acceptors (Lipinski definition) is 5. The number of aromatic nitrogens is 1. The zero-order chi connectivity index (χ0) is 24.2. The van der Waals surface area contributed by atoms with Crippen LogP contribution in [0.25, 0.3) is 0 Å². The molecule has 1 aromatic heterocycles. The molecule has 0 spiro atoms. The van der Waals surface area contributed by atoms with E-state index in [1.807, 2.05) is 0 Å². The van der Waals surface area contributed by atoms with Gasteiger partial charge in [0.05, 0.1) is 16.3 Å². The molecule has 0 bridgehead atoms. The Morgan fingerprint density at radius 1 is 1.18 bits per heavy atom. The summed E-state index contributed by atoms with van der Waals surface area (Å²) >= 11 is 11.7. The molecule has 2 heterocycles. The first-order valence-corrected chi connectivity index (χ1v) is 11.3. The second-order valence-corrected chi connectivity index (χ2v) is 8.72. The Bertz CT molecular complexity index is 1230. The number of halogens is 3. The molecule has 0 radical (unpaired) electrons. The number of carbonyl (C=O) groups excluding carboxylic acids is 2. The molecule has 1 aliphatic rings. The number of nitrogens with one attached hydrogen (secondary N) is 2. The van der Waals surface area contributed by atoms with Crippen molar-refractivity contribution in [1.29, 1.82) is 0 Å². The van der Waals surface area contributed by atoms with E-state index >= 15 is 0 Å². The maximum atomic E-state index is 13.8. The Morgan fingerprint density at radius 2 is 2.00 bits per heavy atom. The highest BCUT2D eigenvalue weighted by atomic mass is 35.5. The lowest BCUT2D eigenvalue weighted by atomic mass is 10.1. The Labute approximate surface area is 205 Å². The Morgan fingerprint density at radius 3 is 2.76 bits per heavy atom. The molecule has 2 amide bonds. The molecule has 7 nitrogen and oxygen atoms in total. The van der Waals surface area contributed by atoms with Crippen molar-refractivity contribution in [3.63, 3.8) is 0 Å². The zero-order valence-corrected chi connectivity index (χ0v) is 19.4. The zero-order valence-electron chi connectivity index (χ0n) is 17.8. The molecule has 176 valence electrons. The Hall–Kier alpha value is -3.20. The van der Waals surface area contributed by atoms with Crippen molar-refractivity contribution in [2.45, 2.75) is 18.6 Å². The predicted molar refractivity (Wildman–Crippen MR) is 128 cm³/mol. The van der Waals surface area contributed by atoms with Crippen molar-refractivity contribution in [1.82, 2.24) is 15.2 Å². The molecule has 2 aromatic carbocycles. The molecule has 1 aliphatic heterocycles. The third-order valence-corrected chi connectivity index (χ3v) is 6.03. The van der Waals surface area contributed by atoms with E-state index in [1.165, 1.54) is 30.6 Å². The summed E-state index contributed by atoms with van der Waals surface area (Å²) in [5.41, 5.74) is 1.60. The fourth-order valence-electron chi connectivity index (χ4n) is 3.74. The number of likely N-dealkylation sites (tertiary alicyclic amines) is 1. The summed E-state index contributed by atoms with van der Waals surface area (Å²) in [7, 11) is 0. The molecule has 10 heteroatoms. The maximum Gasteiger partial charge on any atom is 0.257 e. The quantitative estimate of drug-likeness (QED) is 0.466. The van der Waals surface area contributed by atoms with E-state index in [0.717, 1.165) is 0 Å². The molecule has 34 heavy (non-hydrogen) atoms. The second kappa shape index (κ2) is 10.4. The van der Waals surface area contributed by atoms with Gasteiger partial charge in [-0.05, 0) is 48.4 Å². The number of anilines is 2. The van der Waals surface area contributed by atoms with E-state index < -0.39 is 17.8 Å². The average molecular weight is 503 g/mol. The number of carbonyl (C=O) groups is 2. The summed E-state index contributed by atoms with van der Waals surface area (Å²) in [6.07, 6.45) is 2.13. The summed E-state index contributed by atoms with van der Waals surface area (Å²) < 4.78 is 13.8. The fraction of sp³-hybridized carbons (Fsp3) is 0.208. The monoisotopic (exact) mass is 502 g/mol. The predicted octanol–water partition coefficient (Wildman–Crippen LogP) is 4.34. The maximum absolute atomic E-state index is 13.8. The van der Waals surface area contributed by atoms with Gasteiger partial charge in [-0.2, -0.15) is 0 Å². The van der Waals surface area contributed by atoms with Gasteiger partial charge >= 0.3 is 0 Å². The summed E-state index contributed by atoms with van der Waals surface area (Å²) in [4.78, 5) is 31.3. The van der Waals surface area contributed by atoms with Crippen LogP contribution in [0, 0.1) is 5.82 Å². The van der Waals surface area contributed by atoms with E-state index in [0.29, 0.717) is 40.5 Å². The first kappa shape index (κ1) is 23.9. The minimum absolute atomic E-state index is 0.00205. The molecule has 1 fully saturated rings. The van der Waals surface area contributed by atoms with Crippen LogP contribution in [0.5, 0.6) is 0 Å². The Kier molecular flexibility index (Phi) is 7.31. The van der Waals surface area contributed by atoms with Crippen LogP contribution in [0.4, 0.5) is 15.8 Å². The molecule has 0 unspecified atom stereocenters. The van der Waals surface area contributed by atoms with Gasteiger partial charge in [0.1, 0.15) is 5.82 Å². The summed E-state index contributed by atoms with van der Waals surface area (Å²) in [6.45, 7) is 0.692. The summed E-state index contributed by atoms with van der Waals surface area (Å²) in [5, 5.41) is 16.6. The van der Waals surface area contributed by atoms with Gasteiger partial charge in [-0.1, -0.05) is 35.3 Å². The lowest BCUT2D eigenvalue weighted by Crippen LogP contribution is -2.40. The number of amides is 2. The van der Waals surface area contributed by atoms with Gasteiger partial charge < -0.3 is 20.6 Å². The van der Waals surface area contributed by atoms with Gasteiger partial charge in [-0.25, -0.2) is 4.39 Å². The largest absolute Gasteiger partial charge is 0.378 e. The van der Waals surface area contributed by atoms with Crippen molar-refractivity contribution in [3.05, 3.63) is 87.9 Å². The number of aliphatic hydroxyl groups excluding tert-OH is 1. The molecular weight excluding hydrogens is 482 g/mol. The molecule has 0 aliphatic carbocycles. The molecule has 4 rings (SSSR count). The molecule has 3 aromatic rings. The fourth-order valence-corrected chi connectivity index (χ4v) is 4.06. The van der Waals surface area contributed by atoms with Crippen LogP contribution in [0.2, 0.25) is 10.0 Å². The first-order valence-electron chi connectivity index (χ1n) is 10.5. The minimum Gasteiger partial charge on any atom is -0.378 e. The van der Waals surface area contributed by atoms with Crippen LogP contribution in [-0.4, -0.2) is 45.9 Å². The van der Waals surface area contributed by atoms with Gasteiger partial charge in [0.25, 0.3) is 11.8 Å². The lowest BCUT2D eigenvalue weighted by molar-refractivity contribution is -0.130. The van der Waals surface area contributed by atoms with Crippen LogP contribution in [0.3, 0.4) is 0 Å². The molecule has 0 saturated carbocycles. The van der Waals surface area contributed by atoms with Gasteiger partial charge in [0.2, 0.25) is 0 Å². The number of nitrogens with zero attached hydrogens (tertiary/aromatic N) is 2. The van der Waals surface area contributed by atoms with Crippen molar-refractivity contribution in [2.75, 3.05) is 18.4 Å². The average Bonchev–Trinajstić information content (AvgIpc) is 3.29. The Balaban J connectivity index is 1.41. The van der Waals surface area contributed by atoms with Crippen molar-refractivity contribution in [3.8, 4) is 0 Å². The van der Waals surface area contributed by atoms with Gasteiger partial charge in [-0.15, -0.1) is 0 Å². The molecule has 2 atom stereocenters. The SMILES string of the molecule is O=C(N[C@@H]1CCN(C(=O)c2cnccc2Nc2ccc(Cl)c(F)c2)C1)[C@H](O)c1cccc(Cl)c1. The van der Waals surface area contributed by atoms with Gasteiger partial charge in [0, 0.05) is 42.2 Å².